The van der Waals surface area contributed by atoms with Crippen LogP contribution in [0.3, 0.4) is 0 Å². The van der Waals surface area contributed by atoms with Crippen molar-refractivity contribution in [2.24, 2.45) is 0 Å². The van der Waals surface area contributed by atoms with Crippen molar-refractivity contribution in [3.63, 3.8) is 0 Å². The third kappa shape index (κ3) is 4.35. The van der Waals surface area contributed by atoms with Gasteiger partial charge in [-0.1, -0.05) is 25.1 Å². The molecule has 1 atom stereocenters. The Morgan fingerprint density at radius 3 is 2.61 bits per heavy atom. The average molecular weight is 323 g/mol. The number of carboxylic acid groups (broad SMARTS) is 1. The van der Waals surface area contributed by atoms with Gasteiger partial charge < -0.3 is 15.2 Å². The van der Waals surface area contributed by atoms with E-state index in [1.165, 1.54) is 12.3 Å². The van der Waals surface area contributed by atoms with Crippen LogP contribution < -0.4 is 10.1 Å². The highest BCUT2D eigenvalue weighted by atomic mass is 19.3. The lowest BCUT2D eigenvalue weighted by molar-refractivity contribution is -0.0505. The summed E-state index contributed by atoms with van der Waals surface area (Å²) in [6, 6.07) is 6.13. The zero-order chi connectivity index (χ0) is 16.8. The molecule has 122 valence electrons. The number of carbonyl (C=O) groups is 1. The smallest absolute Gasteiger partial charge is 0.387 e. The maximum Gasteiger partial charge on any atom is 0.387 e. The van der Waals surface area contributed by atoms with Crippen LogP contribution >= 0.6 is 0 Å². The maximum atomic E-state index is 12.5. The molecule has 0 bridgehead atoms. The van der Waals surface area contributed by atoms with E-state index >= 15 is 0 Å². The van der Waals surface area contributed by atoms with Gasteiger partial charge in [0.25, 0.3) is 0 Å². The SMILES string of the molecule is CCC(Nc1cnc(C(=O)O)cn1)c1ccccc1OC(F)F. The van der Waals surface area contributed by atoms with Crippen molar-refractivity contribution < 1.29 is 23.4 Å². The molecule has 0 aliphatic heterocycles. The Kier molecular flexibility index (Phi) is 5.40. The summed E-state index contributed by atoms with van der Waals surface area (Å²) < 4.78 is 29.5. The highest BCUT2D eigenvalue weighted by molar-refractivity contribution is 5.84. The molecule has 0 spiro atoms. The van der Waals surface area contributed by atoms with E-state index < -0.39 is 12.6 Å². The van der Waals surface area contributed by atoms with Gasteiger partial charge >= 0.3 is 12.6 Å². The fraction of sp³-hybridized carbons (Fsp3) is 0.267. The predicted octanol–water partition coefficient (Wildman–Crippen LogP) is 3.34. The van der Waals surface area contributed by atoms with Crippen LogP contribution in [0.2, 0.25) is 0 Å². The zero-order valence-electron chi connectivity index (χ0n) is 12.2. The third-order valence-electron chi connectivity index (χ3n) is 3.11. The van der Waals surface area contributed by atoms with Crippen molar-refractivity contribution in [3.8, 4) is 5.75 Å². The molecule has 1 heterocycles. The summed E-state index contributed by atoms with van der Waals surface area (Å²) in [7, 11) is 0. The van der Waals surface area contributed by atoms with Crippen LogP contribution in [0.15, 0.2) is 36.7 Å². The first kappa shape index (κ1) is 16.6. The number of aromatic nitrogens is 2. The van der Waals surface area contributed by atoms with Crippen molar-refractivity contribution in [2.75, 3.05) is 5.32 Å². The first-order valence-electron chi connectivity index (χ1n) is 6.87. The minimum atomic E-state index is -2.91. The van der Waals surface area contributed by atoms with E-state index in [1.54, 1.807) is 18.2 Å². The summed E-state index contributed by atoms with van der Waals surface area (Å²) in [6.45, 7) is -1.04. The molecule has 6 nitrogen and oxygen atoms in total. The van der Waals surface area contributed by atoms with Crippen LogP contribution in [0, 0.1) is 0 Å². The standard InChI is InChI=1S/C15H15F2N3O3/c1-2-10(9-5-3-4-6-12(9)23-15(16)17)20-13-8-18-11(7-19-13)14(21)22/h3-8,10,15H,2H2,1H3,(H,19,20)(H,21,22). The summed E-state index contributed by atoms with van der Waals surface area (Å²) in [5, 5.41) is 11.8. The fourth-order valence-electron chi connectivity index (χ4n) is 2.06. The minimum Gasteiger partial charge on any atom is -0.476 e. The molecule has 0 saturated heterocycles. The molecule has 1 unspecified atom stereocenters. The van der Waals surface area contributed by atoms with Gasteiger partial charge in [0.05, 0.1) is 18.4 Å². The summed E-state index contributed by atoms with van der Waals surface area (Å²) in [5.74, 6) is -0.752. The van der Waals surface area contributed by atoms with E-state index in [2.05, 4.69) is 20.0 Å². The Morgan fingerprint density at radius 1 is 1.30 bits per heavy atom. The molecule has 2 rings (SSSR count). The highest BCUT2D eigenvalue weighted by Crippen LogP contribution is 2.30. The largest absolute Gasteiger partial charge is 0.476 e. The number of benzene rings is 1. The van der Waals surface area contributed by atoms with E-state index in [0.29, 0.717) is 17.8 Å². The lowest BCUT2D eigenvalue weighted by Crippen LogP contribution is -2.14. The molecule has 23 heavy (non-hydrogen) atoms. The second-order valence-corrected chi connectivity index (χ2v) is 4.61. The molecule has 0 saturated carbocycles. The number of halogens is 2. The number of aromatic carboxylic acids is 1. The fourth-order valence-corrected chi connectivity index (χ4v) is 2.06. The lowest BCUT2D eigenvalue weighted by Gasteiger charge is -2.20. The number of nitrogens with one attached hydrogen (secondary N) is 1. The molecule has 0 amide bonds. The van der Waals surface area contributed by atoms with Gasteiger partial charge in [-0.05, 0) is 12.5 Å². The molecule has 1 aromatic carbocycles. The molecule has 1 aromatic heterocycles. The maximum absolute atomic E-state index is 12.5. The van der Waals surface area contributed by atoms with Crippen molar-refractivity contribution in [2.45, 2.75) is 26.0 Å². The van der Waals surface area contributed by atoms with Crippen LogP contribution in [-0.2, 0) is 0 Å². The number of anilines is 1. The third-order valence-corrected chi connectivity index (χ3v) is 3.11. The molecule has 0 aliphatic carbocycles. The van der Waals surface area contributed by atoms with Crippen LogP contribution in [0.1, 0.15) is 35.4 Å². The van der Waals surface area contributed by atoms with Crippen LogP contribution in [0.5, 0.6) is 5.75 Å². The van der Waals surface area contributed by atoms with Crippen molar-refractivity contribution in [1.29, 1.82) is 0 Å². The monoisotopic (exact) mass is 323 g/mol. The Labute approximate surface area is 131 Å². The van der Waals surface area contributed by atoms with E-state index in [0.717, 1.165) is 6.20 Å². The lowest BCUT2D eigenvalue weighted by atomic mass is 10.0. The minimum absolute atomic E-state index is 0.0805. The number of nitrogens with zero attached hydrogens (tertiary/aromatic N) is 2. The number of rotatable bonds is 7. The van der Waals surface area contributed by atoms with Gasteiger partial charge in [-0.15, -0.1) is 0 Å². The van der Waals surface area contributed by atoms with Crippen LogP contribution in [0.25, 0.3) is 0 Å². The number of alkyl halides is 2. The molecule has 2 N–H and O–H groups in total. The topological polar surface area (TPSA) is 84.3 Å². The normalized spacial score (nSPS) is 12.0. The zero-order valence-corrected chi connectivity index (χ0v) is 12.2. The van der Waals surface area contributed by atoms with E-state index in [4.69, 9.17) is 5.11 Å². The number of hydrogen-bond donors (Lipinski definition) is 2. The van der Waals surface area contributed by atoms with Crippen LogP contribution in [-0.4, -0.2) is 27.7 Å². The Morgan fingerprint density at radius 2 is 2.04 bits per heavy atom. The number of ether oxygens (including phenoxy) is 1. The summed E-state index contributed by atoms with van der Waals surface area (Å²) in [5.41, 5.74) is 0.379. The number of para-hydroxylation sites is 1. The number of carboxylic acids is 1. The Hall–Kier alpha value is -2.77. The van der Waals surface area contributed by atoms with Gasteiger partial charge in [-0.2, -0.15) is 8.78 Å². The quantitative estimate of drug-likeness (QED) is 0.813. The Bertz CT molecular complexity index is 665. The molecule has 0 radical (unpaired) electrons. The van der Waals surface area contributed by atoms with Gasteiger partial charge in [-0.3, -0.25) is 0 Å². The van der Waals surface area contributed by atoms with Crippen molar-refractivity contribution in [1.82, 2.24) is 9.97 Å². The van der Waals surface area contributed by atoms with Gasteiger partial charge in [0.15, 0.2) is 5.69 Å². The van der Waals surface area contributed by atoms with Crippen molar-refractivity contribution in [3.05, 3.63) is 47.9 Å². The van der Waals surface area contributed by atoms with Gasteiger partial charge in [0.1, 0.15) is 11.6 Å². The highest BCUT2D eigenvalue weighted by Gasteiger charge is 2.17. The molecular weight excluding hydrogens is 308 g/mol. The Balaban J connectivity index is 2.21. The summed E-state index contributed by atoms with van der Waals surface area (Å²) in [6.07, 6.45) is 2.98. The summed E-state index contributed by atoms with van der Waals surface area (Å²) in [4.78, 5) is 18.5. The molecular formula is C15H15F2N3O3. The first-order valence-corrected chi connectivity index (χ1v) is 6.87. The van der Waals surface area contributed by atoms with Crippen LogP contribution in [0.4, 0.5) is 14.6 Å². The van der Waals surface area contributed by atoms with E-state index in [-0.39, 0.29) is 17.5 Å². The second-order valence-electron chi connectivity index (χ2n) is 4.61. The first-order chi connectivity index (χ1) is 11.0. The van der Waals surface area contributed by atoms with E-state index in [1.807, 2.05) is 6.92 Å². The number of hydrogen-bond acceptors (Lipinski definition) is 5. The summed E-state index contributed by atoms with van der Waals surface area (Å²) >= 11 is 0. The van der Waals surface area contributed by atoms with Crippen molar-refractivity contribution >= 4 is 11.8 Å². The molecule has 2 aromatic rings. The van der Waals surface area contributed by atoms with Gasteiger partial charge in [0, 0.05) is 5.56 Å². The molecule has 0 fully saturated rings. The molecule has 0 aliphatic rings. The predicted molar refractivity (Wildman–Crippen MR) is 78.7 cm³/mol. The average Bonchev–Trinajstić information content (AvgIpc) is 2.53. The van der Waals surface area contributed by atoms with Gasteiger partial charge in [-0.25, -0.2) is 14.8 Å². The van der Waals surface area contributed by atoms with E-state index in [9.17, 15) is 13.6 Å². The van der Waals surface area contributed by atoms with Gasteiger partial charge in [0.2, 0.25) is 0 Å². The molecule has 8 heteroatoms. The second kappa shape index (κ2) is 7.48.